The van der Waals surface area contributed by atoms with E-state index in [2.05, 4.69) is 0 Å². The van der Waals surface area contributed by atoms with Crippen LogP contribution >= 0.6 is 0 Å². The predicted octanol–water partition coefficient (Wildman–Crippen LogP) is 3.51. The van der Waals surface area contributed by atoms with E-state index in [1.54, 1.807) is 46.8 Å². The normalized spacial score (nSPS) is 18.1. The van der Waals surface area contributed by atoms with E-state index in [0.29, 0.717) is 6.07 Å². The van der Waals surface area contributed by atoms with Gasteiger partial charge in [-0.05, 0) is 52.8 Å². The van der Waals surface area contributed by atoms with Crippen LogP contribution in [-0.4, -0.2) is 26.7 Å². The molecule has 1 fully saturated rings. The summed E-state index contributed by atoms with van der Waals surface area (Å²) < 4.78 is 81.5. The Morgan fingerprint density at radius 2 is 1.45 bits per heavy atom. The van der Waals surface area contributed by atoms with Gasteiger partial charge >= 0.3 is 7.12 Å². The number of anilines is 1. The van der Waals surface area contributed by atoms with Crippen LogP contribution in [0.3, 0.4) is 0 Å². The first kappa shape index (κ1) is 21.7. The summed E-state index contributed by atoms with van der Waals surface area (Å²) in [5.74, 6) is -4.96. The first-order valence-electron chi connectivity index (χ1n) is 8.88. The summed E-state index contributed by atoms with van der Waals surface area (Å²) in [6.07, 6.45) is 0. The van der Waals surface area contributed by atoms with Crippen LogP contribution in [0.4, 0.5) is 18.9 Å². The molecule has 0 aliphatic carbocycles. The van der Waals surface area contributed by atoms with E-state index in [4.69, 9.17) is 9.31 Å². The molecule has 0 atom stereocenters. The minimum atomic E-state index is -4.28. The van der Waals surface area contributed by atoms with Gasteiger partial charge in [0.2, 0.25) is 0 Å². The maximum Gasteiger partial charge on any atom is 0.497 e. The minimum absolute atomic E-state index is 0.160. The smallest absolute Gasteiger partial charge is 0.399 e. The number of nitrogens with one attached hydrogen (secondary N) is 1. The number of rotatable bonds is 4. The highest BCUT2D eigenvalue weighted by Gasteiger charge is 2.53. The third kappa shape index (κ3) is 3.88. The Balaban J connectivity index is 2.09. The van der Waals surface area contributed by atoms with Crippen LogP contribution in [0.5, 0.6) is 0 Å². The Labute approximate surface area is 168 Å². The highest BCUT2D eigenvalue weighted by molar-refractivity contribution is 7.92. The molecule has 1 N–H and O–H groups in total. The molecule has 0 unspecified atom stereocenters. The van der Waals surface area contributed by atoms with Gasteiger partial charge in [0.25, 0.3) is 10.0 Å². The second-order valence-corrected chi connectivity index (χ2v) is 9.64. The average Bonchev–Trinajstić information content (AvgIpc) is 2.83. The maximum atomic E-state index is 14.6. The number of benzene rings is 2. The molecule has 3 rings (SSSR count). The number of hydrogen-bond donors (Lipinski definition) is 1. The summed E-state index contributed by atoms with van der Waals surface area (Å²) in [6, 6.07) is 6.44. The molecule has 156 valence electrons. The Morgan fingerprint density at radius 3 is 1.97 bits per heavy atom. The molecule has 2 aromatic rings. The molecule has 0 amide bonds. The van der Waals surface area contributed by atoms with Gasteiger partial charge in [-0.25, -0.2) is 21.6 Å². The van der Waals surface area contributed by atoms with Crippen molar-refractivity contribution in [3.63, 3.8) is 0 Å². The molecular formula is C19H21BF3NO4S. The summed E-state index contributed by atoms with van der Waals surface area (Å²) in [5, 5.41) is 0. The summed E-state index contributed by atoms with van der Waals surface area (Å²) in [6.45, 7) is 8.66. The van der Waals surface area contributed by atoms with E-state index in [0.717, 1.165) is 5.56 Å². The van der Waals surface area contributed by atoms with Crippen molar-refractivity contribution in [3.05, 3.63) is 53.3 Å². The van der Waals surface area contributed by atoms with E-state index >= 15 is 0 Å². The molecule has 0 bridgehead atoms. The second kappa shape index (κ2) is 7.03. The van der Waals surface area contributed by atoms with Crippen molar-refractivity contribution in [1.29, 1.82) is 0 Å². The van der Waals surface area contributed by atoms with Gasteiger partial charge in [-0.2, -0.15) is 0 Å². The lowest BCUT2D eigenvalue weighted by atomic mass is 9.77. The molecule has 1 aliphatic heterocycles. The van der Waals surface area contributed by atoms with E-state index in [-0.39, 0.29) is 10.4 Å². The van der Waals surface area contributed by atoms with Crippen molar-refractivity contribution >= 4 is 28.3 Å². The molecule has 29 heavy (non-hydrogen) atoms. The SMILES string of the molecule is Cc1ccc(S(=O)(=O)Nc2c(B3OC(C)(C)C(C)(C)O3)cc(F)c(F)c2F)cc1. The van der Waals surface area contributed by atoms with Crippen LogP contribution in [0.15, 0.2) is 35.2 Å². The molecule has 0 saturated carbocycles. The quantitative estimate of drug-likeness (QED) is 0.599. The number of aryl methyl sites for hydroxylation is 1. The molecule has 0 aromatic heterocycles. The number of sulfonamides is 1. The van der Waals surface area contributed by atoms with Gasteiger partial charge < -0.3 is 9.31 Å². The van der Waals surface area contributed by atoms with Crippen LogP contribution in [-0.2, 0) is 19.3 Å². The van der Waals surface area contributed by atoms with Crippen LogP contribution in [0.2, 0.25) is 0 Å². The molecule has 0 radical (unpaired) electrons. The minimum Gasteiger partial charge on any atom is -0.399 e. The Morgan fingerprint density at radius 1 is 0.931 bits per heavy atom. The summed E-state index contributed by atoms with van der Waals surface area (Å²) in [7, 11) is -5.59. The highest BCUT2D eigenvalue weighted by Crippen LogP contribution is 2.37. The fourth-order valence-corrected chi connectivity index (χ4v) is 3.87. The van der Waals surface area contributed by atoms with Crippen molar-refractivity contribution in [2.75, 3.05) is 4.72 Å². The summed E-state index contributed by atoms with van der Waals surface area (Å²) in [5.41, 5.74) is -1.95. The van der Waals surface area contributed by atoms with Gasteiger partial charge in [0.05, 0.1) is 21.8 Å². The van der Waals surface area contributed by atoms with Gasteiger partial charge in [-0.1, -0.05) is 17.7 Å². The zero-order chi connectivity index (χ0) is 21.8. The number of hydrogen-bond acceptors (Lipinski definition) is 4. The average molecular weight is 427 g/mol. The van der Waals surface area contributed by atoms with Crippen molar-refractivity contribution in [2.45, 2.75) is 50.7 Å². The van der Waals surface area contributed by atoms with E-state index < -0.39 is 51.5 Å². The molecule has 1 heterocycles. The van der Waals surface area contributed by atoms with Gasteiger partial charge in [0.15, 0.2) is 17.5 Å². The molecule has 2 aromatic carbocycles. The Kier molecular flexibility index (Phi) is 5.26. The molecule has 5 nitrogen and oxygen atoms in total. The van der Waals surface area contributed by atoms with Gasteiger partial charge in [0, 0.05) is 5.46 Å². The summed E-state index contributed by atoms with van der Waals surface area (Å²) >= 11 is 0. The largest absolute Gasteiger partial charge is 0.497 e. The molecule has 0 spiro atoms. The Hall–Kier alpha value is -2.04. The monoisotopic (exact) mass is 427 g/mol. The van der Waals surface area contributed by atoms with E-state index in [9.17, 15) is 21.6 Å². The van der Waals surface area contributed by atoms with Crippen LogP contribution in [0.1, 0.15) is 33.3 Å². The first-order chi connectivity index (χ1) is 13.2. The van der Waals surface area contributed by atoms with E-state index in [1.807, 2.05) is 4.72 Å². The van der Waals surface area contributed by atoms with Crippen molar-refractivity contribution in [3.8, 4) is 0 Å². The van der Waals surface area contributed by atoms with E-state index in [1.165, 1.54) is 12.1 Å². The zero-order valence-corrected chi connectivity index (χ0v) is 17.5. The molecular weight excluding hydrogens is 406 g/mol. The summed E-state index contributed by atoms with van der Waals surface area (Å²) in [4.78, 5) is -0.160. The zero-order valence-electron chi connectivity index (χ0n) is 16.6. The molecule has 10 heteroatoms. The van der Waals surface area contributed by atoms with Gasteiger partial charge in [-0.3, -0.25) is 4.72 Å². The molecule has 1 saturated heterocycles. The highest BCUT2D eigenvalue weighted by atomic mass is 32.2. The maximum absolute atomic E-state index is 14.6. The number of halogens is 3. The lowest BCUT2D eigenvalue weighted by Gasteiger charge is -2.32. The van der Waals surface area contributed by atoms with Crippen LogP contribution < -0.4 is 10.2 Å². The van der Waals surface area contributed by atoms with Crippen LogP contribution in [0, 0.1) is 24.4 Å². The van der Waals surface area contributed by atoms with Crippen molar-refractivity contribution in [2.24, 2.45) is 0 Å². The Bertz CT molecular complexity index is 1040. The topological polar surface area (TPSA) is 64.6 Å². The first-order valence-corrected chi connectivity index (χ1v) is 10.4. The van der Waals surface area contributed by atoms with Crippen molar-refractivity contribution in [1.82, 2.24) is 0 Å². The molecule has 1 aliphatic rings. The lowest BCUT2D eigenvalue weighted by molar-refractivity contribution is 0.00578. The lowest BCUT2D eigenvalue weighted by Crippen LogP contribution is -2.41. The van der Waals surface area contributed by atoms with Gasteiger partial charge in [-0.15, -0.1) is 0 Å². The third-order valence-corrected chi connectivity index (χ3v) is 6.63. The van der Waals surface area contributed by atoms with Gasteiger partial charge in [0.1, 0.15) is 0 Å². The predicted molar refractivity (Wildman–Crippen MR) is 104 cm³/mol. The third-order valence-electron chi connectivity index (χ3n) is 5.27. The van der Waals surface area contributed by atoms with Crippen LogP contribution in [0.25, 0.3) is 0 Å². The fourth-order valence-electron chi connectivity index (χ4n) is 2.78. The second-order valence-electron chi connectivity index (χ2n) is 7.96. The standard InChI is InChI=1S/C19H21BF3NO4S/c1-11-6-8-12(9-7-11)29(25,26)24-17-13(10-14(21)15(22)16(17)23)20-27-18(2,3)19(4,5)28-20/h6-10,24H,1-5H3. The fraction of sp³-hybridized carbons (Fsp3) is 0.368. The van der Waals surface area contributed by atoms with Crippen molar-refractivity contribution < 1.29 is 30.9 Å².